The van der Waals surface area contributed by atoms with Gasteiger partial charge in [0.25, 0.3) is 0 Å². The lowest BCUT2D eigenvalue weighted by molar-refractivity contribution is -0.113. The summed E-state index contributed by atoms with van der Waals surface area (Å²) in [6, 6.07) is 11.7. The number of piperidine rings is 1. The van der Waals surface area contributed by atoms with Gasteiger partial charge >= 0.3 is 6.03 Å². The Morgan fingerprint density at radius 2 is 1.93 bits per heavy atom. The molecule has 7 rings (SSSR count). The second-order valence-electron chi connectivity index (χ2n) is 11.3. The Balaban J connectivity index is 1.32. The van der Waals surface area contributed by atoms with E-state index in [-0.39, 0.29) is 11.8 Å². The van der Waals surface area contributed by atoms with Crippen LogP contribution >= 0.6 is 0 Å². The number of fused-ring (bicyclic) bond motifs is 1. The monoisotopic (exact) mass is 536 g/mol. The number of imidazole rings is 1. The number of hydrogen-bond acceptors (Lipinski definition) is 4. The molecule has 5 heterocycles. The summed E-state index contributed by atoms with van der Waals surface area (Å²) in [6.07, 6.45) is 7.53. The molecule has 1 aliphatic carbocycles. The predicted octanol–water partition coefficient (Wildman–Crippen LogP) is 5.19. The van der Waals surface area contributed by atoms with E-state index >= 15 is 0 Å². The first-order chi connectivity index (χ1) is 19.3. The second-order valence-corrected chi connectivity index (χ2v) is 11.3. The maximum Gasteiger partial charge on any atom is 0.320 e. The Morgan fingerprint density at radius 3 is 2.73 bits per heavy atom. The molecule has 0 radical (unpaired) electrons. The van der Waals surface area contributed by atoms with Gasteiger partial charge in [0.05, 0.1) is 29.0 Å². The van der Waals surface area contributed by atoms with Crippen molar-refractivity contribution in [2.75, 3.05) is 19.6 Å². The number of amides is 2. The van der Waals surface area contributed by atoms with Crippen molar-refractivity contribution in [1.29, 1.82) is 5.26 Å². The van der Waals surface area contributed by atoms with E-state index in [9.17, 15) is 19.2 Å². The molecule has 4 aromatic rings. The van der Waals surface area contributed by atoms with Crippen LogP contribution in [0.4, 0.5) is 9.18 Å². The molecule has 1 fully saturated rings. The number of allylic oxidation sites excluding steroid dienone is 2. The van der Waals surface area contributed by atoms with E-state index in [4.69, 9.17) is 0 Å². The van der Waals surface area contributed by atoms with Crippen LogP contribution in [-0.4, -0.2) is 60.9 Å². The predicted molar refractivity (Wildman–Crippen MR) is 149 cm³/mol. The number of nitriles is 1. The fourth-order valence-corrected chi connectivity index (χ4v) is 6.51. The second kappa shape index (κ2) is 9.05. The number of benzene rings is 1. The smallest absolute Gasteiger partial charge is 0.320 e. The molecular formula is C31H29FN6O2. The number of rotatable bonds is 2. The first-order valence-corrected chi connectivity index (χ1v) is 13.8. The number of carbonyl (C=O) groups excluding carboxylic acids is 2. The fraction of sp³-hybridized carbons (Fsp3) is 0.355. The molecule has 202 valence electrons. The van der Waals surface area contributed by atoms with Crippen LogP contribution in [0.1, 0.15) is 55.0 Å². The van der Waals surface area contributed by atoms with E-state index in [0.717, 1.165) is 38.9 Å². The highest BCUT2D eigenvalue weighted by Crippen LogP contribution is 2.42. The molecule has 3 aromatic heterocycles. The van der Waals surface area contributed by atoms with Crippen molar-refractivity contribution in [3.05, 3.63) is 71.3 Å². The Hall–Kier alpha value is -4.45. The Kier molecular flexibility index (Phi) is 5.56. The maximum atomic E-state index is 14.4. The van der Waals surface area contributed by atoms with Crippen LogP contribution in [0.25, 0.3) is 27.7 Å². The highest BCUT2D eigenvalue weighted by Gasteiger charge is 2.35. The maximum absolute atomic E-state index is 14.4. The molecule has 0 bridgehead atoms. The number of ketones is 1. The first kappa shape index (κ1) is 24.6. The summed E-state index contributed by atoms with van der Waals surface area (Å²) in [4.78, 5) is 34.9. The van der Waals surface area contributed by atoms with Gasteiger partial charge in [0.2, 0.25) is 0 Å². The Labute approximate surface area is 230 Å². The standard InChI is InChI=1S/C31H29FN6O2/c1-31(32)7-10-35(11-8-31)30(40)37-13-12-36-19-24(23-15-20(16-33)14-21(18-37)29(23)36)28-22(5-6-26(28)39)25-17-34-27-4-2-3-9-38(25)27/h2-4,9,14-15,17,19H,5-8,10-13,18H2,1H3. The quantitative estimate of drug-likeness (QED) is 0.353. The van der Waals surface area contributed by atoms with Gasteiger partial charge in [-0.15, -0.1) is 0 Å². The average molecular weight is 537 g/mol. The molecule has 8 nitrogen and oxygen atoms in total. The molecule has 40 heavy (non-hydrogen) atoms. The summed E-state index contributed by atoms with van der Waals surface area (Å²) >= 11 is 0. The van der Waals surface area contributed by atoms with E-state index in [0.29, 0.717) is 69.5 Å². The van der Waals surface area contributed by atoms with E-state index < -0.39 is 5.67 Å². The zero-order valence-corrected chi connectivity index (χ0v) is 22.4. The van der Waals surface area contributed by atoms with Gasteiger partial charge in [0.15, 0.2) is 5.78 Å². The van der Waals surface area contributed by atoms with E-state index in [1.54, 1.807) is 16.7 Å². The van der Waals surface area contributed by atoms with Crippen LogP contribution in [-0.2, 0) is 17.9 Å². The average Bonchev–Trinajstić information content (AvgIpc) is 3.61. The molecule has 9 heteroatoms. The van der Waals surface area contributed by atoms with Crippen molar-refractivity contribution in [3.63, 3.8) is 0 Å². The van der Waals surface area contributed by atoms with Crippen LogP contribution in [0, 0.1) is 11.3 Å². The van der Waals surface area contributed by atoms with Gasteiger partial charge in [0.1, 0.15) is 11.3 Å². The molecule has 2 amide bonds. The topological polar surface area (TPSA) is 86.6 Å². The number of aromatic nitrogens is 3. The summed E-state index contributed by atoms with van der Waals surface area (Å²) in [5.74, 6) is 0.0858. The summed E-state index contributed by atoms with van der Waals surface area (Å²) in [5, 5.41) is 10.8. The number of likely N-dealkylation sites (tertiary alicyclic amines) is 1. The van der Waals surface area contributed by atoms with E-state index in [1.807, 2.05) is 53.3 Å². The van der Waals surface area contributed by atoms with Crippen LogP contribution in [0.5, 0.6) is 0 Å². The number of halogens is 1. The lowest BCUT2D eigenvalue weighted by Crippen LogP contribution is -2.49. The van der Waals surface area contributed by atoms with E-state index in [2.05, 4.69) is 15.6 Å². The lowest BCUT2D eigenvalue weighted by Gasteiger charge is -2.37. The highest BCUT2D eigenvalue weighted by molar-refractivity contribution is 6.33. The largest absolute Gasteiger partial charge is 0.345 e. The van der Waals surface area contributed by atoms with Crippen LogP contribution in [0.2, 0.25) is 0 Å². The third kappa shape index (κ3) is 3.89. The van der Waals surface area contributed by atoms with E-state index in [1.165, 1.54) is 0 Å². The van der Waals surface area contributed by atoms with Crippen molar-refractivity contribution < 1.29 is 14.0 Å². The molecular weight excluding hydrogens is 507 g/mol. The molecule has 0 N–H and O–H groups in total. The van der Waals surface area contributed by atoms with Gasteiger partial charge in [-0.1, -0.05) is 6.07 Å². The fourth-order valence-electron chi connectivity index (χ4n) is 6.51. The van der Waals surface area contributed by atoms with Gasteiger partial charge in [-0.2, -0.15) is 5.26 Å². The van der Waals surface area contributed by atoms with Crippen molar-refractivity contribution in [2.45, 2.75) is 51.4 Å². The number of pyridine rings is 1. The summed E-state index contributed by atoms with van der Waals surface area (Å²) in [6.45, 7) is 3.78. The Morgan fingerprint density at radius 1 is 1.10 bits per heavy atom. The van der Waals surface area contributed by atoms with Crippen molar-refractivity contribution in [2.24, 2.45) is 0 Å². The number of nitrogens with zero attached hydrogens (tertiary/aromatic N) is 6. The zero-order valence-electron chi connectivity index (χ0n) is 22.4. The van der Waals surface area contributed by atoms with Crippen molar-refractivity contribution in [1.82, 2.24) is 23.8 Å². The molecule has 2 aliphatic heterocycles. The third-order valence-corrected chi connectivity index (χ3v) is 8.68. The van der Waals surface area contributed by atoms with Gasteiger partial charge in [-0.3, -0.25) is 9.20 Å². The van der Waals surface area contributed by atoms with Gasteiger partial charge in [0, 0.05) is 68.1 Å². The minimum Gasteiger partial charge on any atom is -0.345 e. The summed E-state index contributed by atoms with van der Waals surface area (Å²) in [7, 11) is 0. The molecule has 3 aliphatic rings. The van der Waals surface area contributed by atoms with Crippen molar-refractivity contribution in [3.8, 4) is 6.07 Å². The minimum absolute atomic E-state index is 0.0858. The van der Waals surface area contributed by atoms with Crippen molar-refractivity contribution >= 4 is 39.5 Å². The zero-order chi connectivity index (χ0) is 27.6. The number of carbonyl (C=O) groups is 2. The molecule has 1 aromatic carbocycles. The number of urea groups is 1. The third-order valence-electron chi connectivity index (χ3n) is 8.68. The molecule has 0 spiro atoms. The molecule has 0 atom stereocenters. The molecule has 0 unspecified atom stereocenters. The summed E-state index contributed by atoms with van der Waals surface area (Å²) in [5.41, 5.74) is 5.29. The normalized spacial score (nSPS) is 19.0. The van der Waals surface area contributed by atoms with Gasteiger partial charge < -0.3 is 14.4 Å². The first-order valence-electron chi connectivity index (χ1n) is 13.8. The minimum atomic E-state index is -1.23. The summed E-state index contributed by atoms with van der Waals surface area (Å²) < 4.78 is 18.5. The highest BCUT2D eigenvalue weighted by atomic mass is 19.1. The van der Waals surface area contributed by atoms with Gasteiger partial charge in [-0.05, 0) is 61.6 Å². The van der Waals surface area contributed by atoms with Crippen LogP contribution in [0.15, 0.2) is 48.9 Å². The number of hydrogen-bond donors (Lipinski definition) is 0. The Bertz CT molecular complexity index is 1780. The molecule has 0 saturated carbocycles. The number of Topliss-reactive ketones (excluding diaryl/α,β-unsaturated/α-hetero) is 1. The van der Waals surface area contributed by atoms with Gasteiger partial charge in [-0.25, -0.2) is 14.2 Å². The molecule has 1 saturated heterocycles. The van der Waals surface area contributed by atoms with Crippen LogP contribution in [0.3, 0.4) is 0 Å². The number of alkyl halides is 1. The lowest BCUT2D eigenvalue weighted by atomic mass is 9.96. The van der Waals surface area contributed by atoms with Crippen LogP contribution < -0.4 is 0 Å². The SMILES string of the molecule is CC1(F)CCN(C(=O)N2CCn3cc(C4=C(c5cnc6ccccn56)CCC4=O)c4cc(C#N)cc(c43)C2)CC1.